The van der Waals surface area contributed by atoms with E-state index in [-0.39, 0.29) is 0 Å². The zero-order chi connectivity index (χ0) is 14.0. The van der Waals surface area contributed by atoms with Crippen molar-refractivity contribution in [2.24, 2.45) is 0 Å². The molecule has 1 fully saturated rings. The number of piperazine rings is 1. The van der Waals surface area contributed by atoms with E-state index >= 15 is 0 Å². The molecule has 0 saturated carbocycles. The molecule has 2 rings (SSSR count). The van der Waals surface area contributed by atoms with Gasteiger partial charge in [-0.3, -0.25) is 4.90 Å². The lowest BCUT2D eigenvalue weighted by Gasteiger charge is -2.40. The summed E-state index contributed by atoms with van der Waals surface area (Å²) in [7, 11) is 0. The van der Waals surface area contributed by atoms with Crippen LogP contribution in [0.5, 0.6) is 0 Å². The first-order chi connectivity index (χ1) is 9.02. The molecule has 0 spiro atoms. The summed E-state index contributed by atoms with van der Waals surface area (Å²) in [6, 6.07) is 6.84. The van der Waals surface area contributed by atoms with Gasteiger partial charge in [0, 0.05) is 35.8 Å². The predicted molar refractivity (Wildman–Crippen MR) is 83.7 cm³/mol. The van der Waals surface area contributed by atoms with Crippen molar-refractivity contribution in [3.05, 3.63) is 28.2 Å². The van der Waals surface area contributed by atoms with Crippen LogP contribution in [-0.2, 0) is 0 Å². The molecule has 1 aromatic carbocycles. The number of benzene rings is 1. The Morgan fingerprint density at radius 3 is 2.68 bits per heavy atom. The number of likely N-dealkylation sites (N-methyl/N-ethyl adjacent to an activating group) is 1. The second-order valence-electron chi connectivity index (χ2n) is 5.31. The third-order valence-electron chi connectivity index (χ3n) is 3.97. The van der Waals surface area contributed by atoms with Gasteiger partial charge in [0.1, 0.15) is 0 Å². The lowest BCUT2D eigenvalue weighted by Crippen LogP contribution is -2.51. The van der Waals surface area contributed by atoms with Crippen LogP contribution in [0.3, 0.4) is 0 Å². The van der Waals surface area contributed by atoms with Gasteiger partial charge in [-0.2, -0.15) is 0 Å². The molecule has 0 radical (unpaired) electrons. The molecule has 3 nitrogen and oxygen atoms in total. The van der Waals surface area contributed by atoms with Crippen LogP contribution in [0.4, 0.5) is 5.69 Å². The average molecular weight is 327 g/mol. The highest BCUT2D eigenvalue weighted by Crippen LogP contribution is 2.29. The first-order valence-corrected chi connectivity index (χ1v) is 7.78. The first-order valence-electron chi connectivity index (χ1n) is 6.99. The largest absolute Gasteiger partial charge is 0.389 e. The summed E-state index contributed by atoms with van der Waals surface area (Å²) < 4.78 is 0.991. The van der Waals surface area contributed by atoms with Crippen LogP contribution in [-0.4, -0.2) is 42.2 Å². The minimum atomic E-state index is -0.431. The molecule has 1 saturated heterocycles. The Kier molecular flexibility index (Phi) is 4.87. The Hall–Kier alpha value is -0.580. The van der Waals surface area contributed by atoms with Crippen molar-refractivity contribution in [2.75, 3.05) is 31.1 Å². The topological polar surface area (TPSA) is 26.7 Å². The van der Waals surface area contributed by atoms with Crippen molar-refractivity contribution in [3.63, 3.8) is 0 Å². The van der Waals surface area contributed by atoms with Gasteiger partial charge in [0.2, 0.25) is 0 Å². The SMILES string of the molecule is CCN1CCN(c2ccc(C(C)O)c(Br)c2)CC1C. The number of nitrogens with zero attached hydrogens (tertiary/aromatic N) is 2. The number of halogens is 1. The molecule has 1 heterocycles. The quantitative estimate of drug-likeness (QED) is 0.924. The van der Waals surface area contributed by atoms with E-state index < -0.39 is 6.10 Å². The molecular weight excluding hydrogens is 304 g/mol. The molecule has 0 aliphatic carbocycles. The monoisotopic (exact) mass is 326 g/mol. The molecule has 0 bridgehead atoms. The van der Waals surface area contributed by atoms with E-state index in [1.807, 2.05) is 6.07 Å². The Labute approximate surface area is 124 Å². The van der Waals surface area contributed by atoms with Gasteiger partial charge in [0.05, 0.1) is 6.10 Å². The van der Waals surface area contributed by atoms with E-state index in [4.69, 9.17) is 0 Å². The Bertz CT molecular complexity index is 436. The minimum Gasteiger partial charge on any atom is -0.389 e. The van der Waals surface area contributed by atoms with Crippen LogP contribution in [0.25, 0.3) is 0 Å². The van der Waals surface area contributed by atoms with Crippen LogP contribution >= 0.6 is 15.9 Å². The first kappa shape index (κ1) is 14.8. The molecule has 2 unspecified atom stereocenters. The summed E-state index contributed by atoms with van der Waals surface area (Å²) >= 11 is 3.56. The zero-order valence-electron chi connectivity index (χ0n) is 11.9. The average Bonchev–Trinajstić information content (AvgIpc) is 2.38. The summed E-state index contributed by atoms with van der Waals surface area (Å²) in [6.07, 6.45) is -0.431. The molecule has 0 aromatic heterocycles. The van der Waals surface area contributed by atoms with Crippen LogP contribution in [0.2, 0.25) is 0 Å². The molecule has 4 heteroatoms. The van der Waals surface area contributed by atoms with Crippen molar-refractivity contribution in [1.82, 2.24) is 4.90 Å². The number of anilines is 1. The van der Waals surface area contributed by atoms with Crippen molar-refractivity contribution in [2.45, 2.75) is 32.9 Å². The molecule has 1 N–H and O–H groups in total. The molecule has 2 atom stereocenters. The maximum Gasteiger partial charge on any atom is 0.0772 e. The number of hydrogen-bond acceptors (Lipinski definition) is 3. The second-order valence-corrected chi connectivity index (χ2v) is 6.16. The summed E-state index contributed by atoms with van der Waals surface area (Å²) in [6.45, 7) is 10.7. The highest BCUT2D eigenvalue weighted by Gasteiger charge is 2.22. The Morgan fingerprint density at radius 1 is 1.42 bits per heavy atom. The lowest BCUT2D eigenvalue weighted by molar-refractivity contribution is 0.197. The number of rotatable bonds is 3. The summed E-state index contributed by atoms with van der Waals surface area (Å²) in [4.78, 5) is 4.93. The fourth-order valence-corrected chi connectivity index (χ4v) is 3.45. The molecule has 0 amide bonds. The normalized spacial score (nSPS) is 22.6. The van der Waals surface area contributed by atoms with Crippen molar-refractivity contribution in [3.8, 4) is 0 Å². The maximum absolute atomic E-state index is 9.66. The molecule has 1 aromatic rings. The van der Waals surface area contributed by atoms with Crippen LogP contribution in [0.15, 0.2) is 22.7 Å². The Balaban J connectivity index is 2.13. The van der Waals surface area contributed by atoms with E-state index in [0.717, 1.165) is 36.2 Å². The minimum absolute atomic E-state index is 0.431. The fraction of sp³-hybridized carbons (Fsp3) is 0.600. The van der Waals surface area contributed by atoms with Crippen LogP contribution < -0.4 is 4.90 Å². The van der Waals surface area contributed by atoms with Crippen molar-refractivity contribution < 1.29 is 5.11 Å². The predicted octanol–water partition coefficient (Wildman–Crippen LogP) is 3.03. The highest BCUT2D eigenvalue weighted by atomic mass is 79.9. The van der Waals surface area contributed by atoms with Crippen LogP contribution in [0, 0.1) is 0 Å². The number of hydrogen-bond donors (Lipinski definition) is 1. The van der Waals surface area contributed by atoms with Gasteiger partial charge >= 0.3 is 0 Å². The smallest absolute Gasteiger partial charge is 0.0772 e. The molecule has 19 heavy (non-hydrogen) atoms. The summed E-state index contributed by atoms with van der Waals surface area (Å²) in [5, 5.41) is 9.66. The van der Waals surface area contributed by atoms with E-state index in [2.05, 4.69) is 51.7 Å². The number of aliphatic hydroxyl groups is 1. The van der Waals surface area contributed by atoms with Gasteiger partial charge in [-0.05, 0) is 38.1 Å². The Morgan fingerprint density at radius 2 is 2.16 bits per heavy atom. The zero-order valence-corrected chi connectivity index (χ0v) is 13.5. The third-order valence-corrected chi connectivity index (χ3v) is 4.66. The van der Waals surface area contributed by atoms with E-state index in [1.54, 1.807) is 6.92 Å². The molecule has 1 aliphatic heterocycles. The van der Waals surface area contributed by atoms with Gasteiger partial charge in [-0.25, -0.2) is 0 Å². The van der Waals surface area contributed by atoms with Gasteiger partial charge in [-0.15, -0.1) is 0 Å². The van der Waals surface area contributed by atoms with Gasteiger partial charge in [0.15, 0.2) is 0 Å². The molecular formula is C15H23BrN2O. The van der Waals surface area contributed by atoms with E-state index in [1.165, 1.54) is 5.69 Å². The van der Waals surface area contributed by atoms with Crippen LogP contribution in [0.1, 0.15) is 32.4 Å². The lowest BCUT2D eigenvalue weighted by atomic mass is 10.1. The summed E-state index contributed by atoms with van der Waals surface area (Å²) in [5.74, 6) is 0. The van der Waals surface area contributed by atoms with Gasteiger partial charge in [-0.1, -0.05) is 28.9 Å². The van der Waals surface area contributed by atoms with Gasteiger partial charge < -0.3 is 10.0 Å². The summed E-state index contributed by atoms with van der Waals surface area (Å²) in [5.41, 5.74) is 2.18. The van der Waals surface area contributed by atoms with E-state index in [0.29, 0.717) is 6.04 Å². The standard InChI is InChI=1S/C15H23BrN2O/c1-4-17-7-8-18(10-11(17)2)13-5-6-14(12(3)19)15(16)9-13/h5-6,9,11-12,19H,4,7-8,10H2,1-3H3. The second kappa shape index (κ2) is 6.25. The van der Waals surface area contributed by atoms with Gasteiger partial charge in [0.25, 0.3) is 0 Å². The highest BCUT2D eigenvalue weighted by molar-refractivity contribution is 9.10. The molecule has 1 aliphatic rings. The molecule has 106 valence electrons. The third kappa shape index (κ3) is 3.30. The maximum atomic E-state index is 9.66. The van der Waals surface area contributed by atoms with Crippen molar-refractivity contribution >= 4 is 21.6 Å². The fourth-order valence-electron chi connectivity index (χ4n) is 2.75. The number of aliphatic hydroxyl groups excluding tert-OH is 1. The van der Waals surface area contributed by atoms with E-state index in [9.17, 15) is 5.11 Å². The van der Waals surface area contributed by atoms with Crippen molar-refractivity contribution in [1.29, 1.82) is 0 Å².